The molecule has 1 heterocycles. The third-order valence-corrected chi connectivity index (χ3v) is 4.77. The molecule has 2 aromatic rings. The fourth-order valence-electron chi connectivity index (χ4n) is 3.18. The highest BCUT2D eigenvalue weighted by molar-refractivity contribution is 6.33. The van der Waals surface area contributed by atoms with Crippen molar-refractivity contribution in [3.63, 3.8) is 0 Å². The number of carbonyl (C=O) groups is 1. The van der Waals surface area contributed by atoms with Crippen molar-refractivity contribution in [1.82, 2.24) is 4.98 Å². The molecule has 0 spiro atoms. The summed E-state index contributed by atoms with van der Waals surface area (Å²) in [6.07, 6.45) is 5.85. The first kappa shape index (κ1) is 17.7. The van der Waals surface area contributed by atoms with Gasteiger partial charge in [0.05, 0.1) is 5.02 Å². The largest absolute Gasteiger partial charge is 0.367 e. The number of benzene rings is 1. The molecule has 1 saturated carbocycles. The third-order valence-electron chi connectivity index (χ3n) is 4.47. The minimum Gasteiger partial charge on any atom is -0.367 e. The second-order valence-corrected chi connectivity index (χ2v) is 6.97. The van der Waals surface area contributed by atoms with Crippen LogP contribution in [0.3, 0.4) is 0 Å². The van der Waals surface area contributed by atoms with Crippen LogP contribution in [0.5, 0.6) is 0 Å². The van der Waals surface area contributed by atoms with Gasteiger partial charge in [0, 0.05) is 36.5 Å². The number of nitrogens with zero attached hydrogens (tertiary/aromatic N) is 1. The second-order valence-electron chi connectivity index (χ2n) is 6.57. The summed E-state index contributed by atoms with van der Waals surface area (Å²) in [6, 6.07) is 10.3. The van der Waals surface area contributed by atoms with Gasteiger partial charge in [-0.1, -0.05) is 23.7 Å². The molecule has 5 nitrogen and oxygen atoms in total. The molecule has 6 heteroatoms. The number of rotatable bonds is 4. The van der Waals surface area contributed by atoms with Crippen LogP contribution in [0.4, 0.5) is 11.5 Å². The van der Waals surface area contributed by atoms with Crippen molar-refractivity contribution >= 4 is 29.0 Å². The summed E-state index contributed by atoms with van der Waals surface area (Å²) in [6.45, 7) is 1.49. The van der Waals surface area contributed by atoms with Crippen LogP contribution in [0.1, 0.15) is 32.6 Å². The van der Waals surface area contributed by atoms with E-state index in [0.717, 1.165) is 48.3 Å². The standard InChI is InChI=1S/C19H23ClN4O/c1-12(25)23-16-4-2-3-13(9-16)17-10-19(22-11-18(17)20)24-15-7-5-14(21)6-8-15/h2-4,9-11,14-15H,5-8,21H2,1H3,(H,22,24)(H,23,25)/t14-,15-. The van der Waals surface area contributed by atoms with Gasteiger partial charge in [-0.25, -0.2) is 4.98 Å². The lowest BCUT2D eigenvalue weighted by Crippen LogP contribution is -2.33. The summed E-state index contributed by atoms with van der Waals surface area (Å²) in [5.41, 5.74) is 8.54. The van der Waals surface area contributed by atoms with Crippen molar-refractivity contribution in [3.8, 4) is 11.1 Å². The molecule has 1 aliphatic rings. The number of aromatic nitrogens is 1. The average molecular weight is 359 g/mol. The van der Waals surface area contributed by atoms with Crippen molar-refractivity contribution in [2.75, 3.05) is 10.6 Å². The fourth-order valence-corrected chi connectivity index (χ4v) is 3.39. The van der Waals surface area contributed by atoms with Gasteiger partial charge in [-0.2, -0.15) is 0 Å². The first-order valence-electron chi connectivity index (χ1n) is 8.57. The van der Waals surface area contributed by atoms with Crippen LogP contribution in [-0.2, 0) is 4.79 Å². The topological polar surface area (TPSA) is 80.0 Å². The number of amides is 1. The molecule has 0 unspecified atom stereocenters. The zero-order chi connectivity index (χ0) is 17.8. The monoisotopic (exact) mass is 358 g/mol. The molecule has 1 fully saturated rings. The molecule has 0 aliphatic heterocycles. The first-order chi connectivity index (χ1) is 12.0. The SMILES string of the molecule is CC(=O)Nc1cccc(-c2cc(N[C@H]3CC[C@H](N)CC3)ncc2Cl)c1. The van der Waals surface area contributed by atoms with Crippen molar-refractivity contribution < 1.29 is 4.79 Å². The smallest absolute Gasteiger partial charge is 0.221 e. The average Bonchev–Trinajstić information content (AvgIpc) is 2.58. The minimum atomic E-state index is -0.101. The second kappa shape index (κ2) is 7.85. The number of hydrogen-bond acceptors (Lipinski definition) is 4. The maximum absolute atomic E-state index is 11.3. The Kier molecular flexibility index (Phi) is 5.56. The number of halogens is 1. The van der Waals surface area contributed by atoms with Gasteiger partial charge in [-0.3, -0.25) is 4.79 Å². The molecule has 1 aliphatic carbocycles. The maximum atomic E-state index is 11.3. The van der Waals surface area contributed by atoms with Crippen LogP contribution in [-0.4, -0.2) is 23.0 Å². The van der Waals surface area contributed by atoms with Gasteiger partial charge >= 0.3 is 0 Å². The number of nitrogens with two attached hydrogens (primary N) is 1. The Hall–Kier alpha value is -2.11. The Morgan fingerprint density at radius 3 is 2.72 bits per heavy atom. The highest BCUT2D eigenvalue weighted by atomic mass is 35.5. The predicted molar refractivity (Wildman–Crippen MR) is 103 cm³/mol. The summed E-state index contributed by atoms with van der Waals surface area (Å²) in [7, 11) is 0. The van der Waals surface area contributed by atoms with Gasteiger partial charge in [0.15, 0.2) is 0 Å². The van der Waals surface area contributed by atoms with Gasteiger partial charge in [-0.15, -0.1) is 0 Å². The lowest BCUT2D eigenvalue weighted by Gasteiger charge is -2.27. The Morgan fingerprint density at radius 1 is 1.24 bits per heavy atom. The molecule has 1 aromatic heterocycles. The number of nitrogens with one attached hydrogen (secondary N) is 2. The Labute approximate surface area is 153 Å². The molecular weight excluding hydrogens is 336 g/mol. The zero-order valence-electron chi connectivity index (χ0n) is 14.3. The number of pyridine rings is 1. The molecule has 4 N–H and O–H groups in total. The van der Waals surface area contributed by atoms with E-state index in [1.807, 2.05) is 30.3 Å². The van der Waals surface area contributed by atoms with Gasteiger partial charge in [0.25, 0.3) is 0 Å². The normalized spacial score (nSPS) is 20.1. The Morgan fingerprint density at radius 2 is 2.00 bits per heavy atom. The number of anilines is 2. The van der Waals surface area contributed by atoms with Gasteiger partial charge in [-0.05, 0) is 49.4 Å². The molecule has 0 radical (unpaired) electrons. The summed E-state index contributed by atoms with van der Waals surface area (Å²) in [4.78, 5) is 15.7. The van der Waals surface area contributed by atoms with E-state index in [2.05, 4.69) is 15.6 Å². The molecule has 132 valence electrons. The van der Waals surface area contributed by atoms with Crippen LogP contribution in [0.25, 0.3) is 11.1 Å². The summed E-state index contributed by atoms with van der Waals surface area (Å²) in [5, 5.41) is 6.86. The van der Waals surface area contributed by atoms with Gasteiger partial charge in [0.2, 0.25) is 5.91 Å². The third kappa shape index (κ3) is 4.71. The molecule has 0 bridgehead atoms. The fraction of sp³-hybridized carbons (Fsp3) is 0.368. The highest BCUT2D eigenvalue weighted by Gasteiger charge is 2.19. The van der Waals surface area contributed by atoms with Crippen molar-refractivity contribution in [2.24, 2.45) is 5.73 Å². The van der Waals surface area contributed by atoms with Crippen LogP contribution in [0.2, 0.25) is 5.02 Å². The van der Waals surface area contributed by atoms with E-state index in [1.54, 1.807) is 6.20 Å². The molecule has 0 saturated heterocycles. The van der Waals surface area contributed by atoms with Crippen molar-refractivity contribution in [3.05, 3.63) is 41.6 Å². The van der Waals surface area contributed by atoms with E-state index in [1.165, 1.54) is 6.92 Å². The predicted octanol–water partition coefficient (Wildman–Crippen LogP) is 4.04. The van der Waals surface area contributed by atoms with Gasteiger partial charge in [0.1, 0.15) is 5.82 Å². The minimum absolute atomic E-state index is 0.101. The van der Waals surface area contributed by atoms with Crippen molar-refractivity contribution in [1.29, 1.82) is 0 Å². The lowest BCUT2D eigenvalue weighted by molar-refractivity contribution is -0.114. The quantitative estimate of drug-likeness (QED) is 0.770. The van der Waals surface area contributed by atoms with Crippen LogP contribution in [0, 0.1) is 0 Å². The molecule has 1 aromatic carbocycles. The number of hydrogen-bond donors (Lipinski definition) is 3. The molecular formula is C19H23ClN4O. The van der Waals surface area contributed by atoms with E-state index in [4.69, 9.17) is 17.3 Å². The summed E-state index contributed by atoms with van der Waals surface area (Å²) >= 11 is 6.36. The van der Waals surface area contributed by atoms with Crippen molar-refractivity contribution in [2.45, 2.75) is 44.7 Å². The van der Waals surface area contributed by atoms with Crippen LogP contribution < -0.4 is 16.4 Å². The molecule has 1 amide bonds. The first-order valence-corrected chi connectivity index (χ1v) is 8.95. The Bertz CT molecular complexity index is 757. The maximum Gasteiger partial charge on any atom is 0.221 e. The van der Waals surface area contributed by atoms with E-state index in [-0.39, 0.29) is 5.91 Å². The van der Waals surface area contributed by atoms with E-state index in [9.17, 15) is 4.79 Å². The van der Waals surface area contributed by atoms with Gasteiger partial charge < -0.3 is 16.4 Å². The lowest BCUT2D eigenvalue weighted by atomic mass is 9.92. The summed E-state index contributed by atoms with van der Waals surface area (Å²) in [5.74, 6) is 0.709. The highest BCUT2D eigenvalue weighted by Crippen LogP contribution is 2.31. The molecule has 0 atom stereocenters. The molecule has 3 rings (SSSR count). The van der Waals surface area contributed by atoms with Crippen LogP contribution >= 0.6 is 11.6 Å². The van der Waals surface area contributed by atoms with Crippen LogP contribution in [0.15, 0.2) is 36.5 Å². The zero-order valence-corrected chi connectivity index (χ0v) is 15.0. The van der Waals surface area contributed by atoms with E-state index in [0.29, 0.717) is 17.1 Å². The molecule has 25 heavy (non-hydrogen) atoms. The van der Waals surface area contributed by atoms with E-state index < -0.39 is 0 Å². The van der Waals surface area contributed by atoms with E-state index >= 15 is 0 Å². The number of carbonyl (C=O) groups excluding carboxylic acids is 1. The summed E-state index contributed by atoms with van der Waals surface area (Å²) < 4.78 is 0. The Balaban J connectivity index is 1.81.